The van der Waals surface area contributed by atoms with Crippen LogP contribution < -0.4 is 16.0 Å². The summed E-state index contributed by atoms with van der Waals surface area (Å²) in [5.74, 6) is 2.70. The first-order valence-electron chi connectivity index (χ1n) is 11.8. The van der Waals surface area contributed by atoms with Gasteiger partial charge in [-0.2, -0.15) is 5.10 Å². The van der Waals surface area contributed by atoms with E-state index in [-0.39, 0.29) is 41.6 Å². The largest absolute Gasteiger partial charge is 0.357 e. The van der Waals surface area contributed by atoms with E-state index in [4.69, 9.17) is 4.99 Å². The second-order valence-corrected chi connectivity index (χ2v) is 8.54. The monoisotopic (exact) mass is 553 g/mol. The van der Waals surface area contributed by atoms with Crippen LogP contribution in [-0.4, -0.2) is 39.4 Å². The van der Waals surface area contributed by atoms with E-state index in [1.165, 1.54) is 5.56 Å². The van der Waals surface area contributed by atoms with Crippen molar-refractivity contribution in [1.82, 2.24) is 30.7 Å². The third-order valence-corrected chi connectivity index (χ3v) is 6.35. The Labute approximate surface area is 210 Å². The van der Waals surface area contributed by atoms with Gasteiger partial charge in [-0.3, -0.25) is 4.99 Å². The molecule has 0 radical (unpaired) electrons. The molecule has 1 aliphatic rings. The van der Waals surface area contributed by atoms with Gasteiger partial charge in [0.25, 0.3) is 0 Å². The van der Waals surface area contributed by atoms with E-state index in [9.17, 15) is 0 Å². The van der Waals surface area contributed by atoms with Crippen molar-refractivity contribution in [2.75, 3.05) is 13.1 Å². The van der Waals surface area contributed by atoms with Gasteiger partial charge >= 0.3 is 0 Å². The lowest BCUT2D eigenvalue weighted by atomic mass is 9.90. The highest BCUT2D eigenvalue weighted by Gasteiger charge is 2.29. The predicted molar refractivity (Wildman–Crippen MR) is 143 cm³/mol. The number of guanidine groups is 1. The number of hydrogen-bond donors (Lipinski definition) is 3. The number of aryl methyl sites for hydroxylation is 2. The van der Waals surface area contributed by atoms with E-state index < -0.39 is 0 Å². The molecule has 2 unspecified atom stereocenters. The highest BCUT2D eigenvalue weighted by Crippen LogP contribution is 2.24. The smallest absolute Gasteiger partial charge is 0.191 e. The van der Waals surface area contributed by atoms with E-state index in [0.29, 0.717) is 6.54 Å². The molecule has 7 nitrogen and oxygen atoms in total. The van der Waals surface area contributed by atoms with Gasteiger partial charge in [0.1, 0.15) is 11.6 Å². The number of fused-ring (bicyclic) bond motifs is 1. The Morgan fingerprint density at radius 3 is 2.59 bits per heavy atom. The summed E-state index contributed by atoms with van der Waals surface area (Å²) in [5.41, 5.74) is 1.25. The number of rotatable bonds is 9. The number of halogens is 1. The molecule has 1 aliphatic heterocycles. The molecule has 2 atom stereocenters. The molecule has 0 amide bonds. The highest BCUT2D eigenvalue weighted by atomic mass is 127. The van der Waals surface area contributed by atoms with Crippen molar-refractivity contribution in [2.45, 2.75) is 84.5 Å². The van der Waals surface area contributed by atoms with Gasteiger partial charge in [-0.25, -0.2) is 9.67 Å². The second-order valence-electron chi connectivity index (χ2n) is 8.54. The first kappa shape index (κ1) is 26.6. The van der Waals surface area contributed by atoms with Crippen molar-refractivity contribution in [3.63, 3.8) is 0 Å². The summed E-state index contributed by atoms with van der Waals surface area (Å²) in [6, 6.07) is 11.0. The van der Waals surface area contributed by atoms with E-state index in [0.717, 1.165) is 56.4 Å². The summed E-state index contributed by atoms with van der Waals surface area (Å²) in [6.45, 7) is 13.3. The Bertz CT molecular complexity index is 845. The third kappa shape index (κ3) is 6.66. The lowest BCUT2D eigenvalue weighted by molar-refractivity contribution is 0.280. The molecule has 0 saturated heterocycles. The number of nitrogens with one attached hydrogen (secondary N) is 3. The van der Waals surface area contributed by atoms with E-state index in [1.807, 2.05) is 11.6 Å². The normalized spacial score (nSPS) is 17.3. The van der Waals surface area contributed by atoms with Crippen LogP contribution in [0.1, 0.15) is 82.7 Å². The van der Waals surface area contributed by atoms with Crippen molar-refractivity contribution < 1.29 is 0 Å². The Morgan fingerprint density at radius 1 is 1.22 bits per heavy atom. The molecule has 1 aromatic heterocycles. The van der Waals surface area contributed by atoms with Crippen LogP contribution in [0, 0.1) is 6.92 Å². The molecule has 0 saturated carbocycles. The minimum Gasteiger partial charge on any atom is -0.357 e. The fraction of sp³-hybridized carbons (Fsp3) is 0.625. The maximum absolute atomic E-state index is 5.02. The SMILES string of the molecule is CCNC(=NCC(CC)(CC)NC(C)c1ccccc1)NC1CCCn2nc(C)nc21.I. The van der Waals surface area contributed by atoms with Gasteiger partial charge in [0.05, 0.1) is 12.6 Å². The van der Waals surface area contributed by atoms with Gasteiger partial charge < -0.3 is 16.0 Å². The molecule has 8 heteroatoms. The molecule has 0 aliphatic carbocycles. The summed E-state index contributed by atoms with van der Waals surface area (Å²) in [5, 5.41) is 15.4. The molecule has 3 rings (SSSR count). The predicted octanol–water partition coefficient (Wildman–Crippen LogP) is 4.50. The summed E-state index contributed by atoms with van der Waals surface area (Å²) < 4.78 is 2.03. The maximum Gasteiger partial charge on any atom is 0.191 e. The summed E-state index contributed by atoms with van der Waals surface area (Å²) in [7, 11) is 0. The van der Waals surface area contributed by atoms with Crippen molar-refractivity contribution in [2.24, 2.45) is 4.99 Å². The number of aromatic nitrogens is 3. The fourth-order valence-electron chi connectivity index (χ4n) is 4.33. The van der Waals surface area contributed by atoms with Gasteiger partial charge in [-0.1, -0.05) is 44.2 Å². The molecule has 0 bridgehead atoms. The van der Waals surface area contributed by atoms with Gasteiger partial charge in [-0.05, 0) is 52.0 Å². The number of hydrogen-bond acceptors (Lipinski definition) is 4. The van der Waals surface area contributed by atoms with Crippen LogP contribution >= 0.6 is 24.0 Å². The van der Waals surface area contributed by atoms with Gasteiger partial charge in [-0.15, -0.1) is 24.0 Å². The number of nitrogens with zero attached hydrogens (tertiary/aromatic N) is 4. The zero-order chi connectivity index (χ0) is 22.3. The lowest BCUT2D eigenvalue weighted by Crippen LogP contribution is -2.49. The second kappa shape index (κ2) is 12.5. The van der Waals surface area contributed by atoms with E-state index in [1.54, 1.807) is 0 Å². The van der Waals surface area contributed by atoms with Crippen molar-refractivity contribution in [3.05, 3.63) is 47.5 Å². The standard InChI is InChI=1S/C24H39N7.HI/c1-6-24(7-2,29-18(4)20-13-10-9-11-14-20)17-26-23(25-8-3)28-21-15-12-16-31-22(21)27-19(5)30-31;/h9-11,13-14,18,21,29H,6-8,12,15-17H2,1-5H3,(H2,25,26,28);1H. The van der Waals surface area contributed by atoms with Gasteiger partial charge in [0.15, 0.2) is 5.96 Å². The van der Waals surface area contributed by atoms with E-state index in [2.05, 4.69) is 84.1 Å². The minimum atomic E-state index is -0.0548. The van der Waals surface area contributed by atoms with E-state index >= 15 is 0 Å². The molecular formula is C24H40IN7. The Balaban J connectivity index is 0.00000363. The zero-order valence-corrected chi connectivity index (χ0v) is 22.5. The summed E-state index contributed by atoms with van der Waals surface area (Å²) in [4.78, 5) is 9.68. The first-order valence-corrected chi connectivity index (χ1v) is 11.8. The van der Waals surface area contributed by atoms with Crippen LogP contribution in [0.15, 0.2) is 35.3 Å². The molecular weight excluding hydrogens is 513 g/mol. The van der Waals surface area contributed by atoms with Crippen molar-refractivity contribution in [3.8, 4) is 0 Å². The Kier molecular flexibility index (Phi) is 10.4. The molecule has 2 aromatic rings. The number of benzene rings is 1. The molecule has 1 aromatic carbocycles. The van der Waals surface area contributed by atoms with Crippen molar-refractivity contribution >= 4 is 29.9 Å². The Hall–Kier alpha value is -1.68. The topological polar surface area (TPSA) is 79.2 Å². The van der Waals surface area contributed by atoms with Crippen LogP contribution in [0.2, 0.25) is 0 Å². The van der Waals surface area contributed by atoms with Crippen LogP contribution in [0.5, 0.6) is 0 Å². The average molecular weight is 554 g/mol. The van der Waals surface area contributed by atoms with Gasteiger partial charge in [0.2, 0.25) is 0 Å². The van der Waals surface area contributed by atoms with Crippen molar-refractivity contribution in [1.29, 1.82) is 0 Å². The molecule has 0 fully saturated rings. The molecule has 178 valence electrons. The highest BCUT2D eigenvalue weighted by molar-refractivity contribution is 14.0. The molecule has 32 heavy (non-hydrogen) atoms. The molecule has 2 heterocycles. The molecule has 3 N–H and O–H groups in total. The maximum atomic E-state index is 5.02. The lowest BCUT2D eigenvalue weighted by Gasteiger charge is -2.35. The Morgan fingerprint density at radius 2 is 1.94 bits per heavy atom. The van der Waals surface area contributed by atoms with Crippen LogP contribution in [0.4, 0.5) is 0 Å². The number of aliphatic imine (C=N–C) groups is 1. The third-order valence-electron chi connectivity index (χ3n) is 6.35. The van der Waals surface area contributed by atoms with Crippen LogP contribution in [-0.2, 0) is 6.54 Å². The van der Waals surface area contributed by atoms with Crippen LogP contribution in [0.25, 0.3) is 0 Å². The zero-order valence-electron chi connectivity index (χ0n) is 20.2. The molecule has 0 spiro atoms. The average Bonchev–Trinajstić information content (AvgIpc) is 3.18. The first-order chi connectivity index (χ1) is 15.0. The fourth-order valence-corrected chi connectivity index (χ4v) is 4.33. The summed E-state index contributed by atoms with van der Waals surface area (Å²) in [6.07, 6.45) is 4.16. The summed E-state index contributed by atoms with van der Waals surface area (Å²) >= 11 is 0. The van der Waals surface area contributed by atoms with Crippen LogP contribution in [0.3, 0.4) is 0 Å². The van der Waals surface area contributed by atoms with Gasteiger partial charge in [0, 0.05) is 24.7 Å². The quantitative estimate of drug-likeness (QED) is 0.242. The minimum absolute atomic E-state index is 0.